The van der Waals surface area contributed by atoms with Gasteiger partial charge in [-0.1, -0.05) is 25.4 Å². The first-order valence-corrected chi connectivity index (χ1v) is 6.27. The molecule has 0 saturated carbocycles. The Morgan fingerprint density at radius 2 is 2.11 bits per heavy atom. The molecule has 1 atom stereocenters. The number of carbonyl (C=O) groups excluding carboxylic acids is 1. The lowest BCUT2D eigenvalue weighted by molar-refractivity contribution is -0.127. The van der Waals surface area contributed by atoms with Crippen LogP contribution in [0.15, 0.2) is 18.2 Å². The van der Waals surface area contributed by atoms with Crippen LogP contribution in [0.2, 0.25) is 5.02 Å². The van der Waals surface area contributed by atoms with Gasteiger partial charge < -0.3 is 15.8 Å². The van der Waals surface area contributed by atoms with Crippen molar-refractivity contribution in [2.45, 2.75) is 26.9 Å². The molecule has 1 amide bonds. The van der Waals surface area contributed by atoms with Gasteiger partial charge >= 0.3 is 0 Å². The van der Waals surface area contributed by atoms with Gasteiger partial charge in [-0.05, 0) is 25.0 Å². The number of hydrogen-bond donors (Lipinski definition) is 2. The Labute approximate surface area is 112 Å². The zero-order valence-electron chi connectivity index (χ0n) is 10.9. The van der Waals surface area contributed by atoms with Gasteiger partial charge in [-0.2, -0.15) is 0 Å². The van der Waals surface area contributed by atoms with Crippen LogP contribution in [-0.4, -0.2) is 18.6 Å². The summed E-state index contributed by atoms with van der Waals surface area (Å²) in [5.41, 5.74) is 6.18. The molecule has 1 rings (SSSR count). The van der Waals surface area contributed by atoms with Gasteiger partial charge in [-0.25, -0.2) is 0 Å². The average molecular weight is 271 g/mol. The van der Waals surface area contributed by atoms with Crippen molar-refractivity contribution in [2.75, 3.05) is 12.3 Å². The molecule has 0 radical (unpaired) electrons. The molecule has 1 unspecified atom stereocenters. The summed E-state index contributed by atoms with van der Waals surface area (Å²) in [7, 11) is 0. The minimum absolute atomic E-state index is 0.165. The van der Waals surface area contributed by atoms with E-state index in [1.54, 1.807) is 25.1 Å². The third-order valence-corrected chi connectivity index (χ3v) is 2.63. The van der Waals surface area contributed by atoms with E-state index in [0.29, 0.717) is 28.9 Å². The Morgan fingerprint density at radius 1 is 1.44 bits per heavy atom. The first kappa shape index (κ1) is 14.6. The third kappa shape index (κ3) is 4.45. The number of ether oxygens (including phenoxy) is 1. The zero-order valence-corrected chi connectivity index (χ0v) is 11.6. The van der Waals surface area contributed by atoms with Crippen molar-refractivity contribution in [3.05, 3.63) is 23.2 Å². The van der Waals surface area contributed by atoms with E-state index in [0.717, 1.165) is 0 Å². The van der Waals surface area contributed by atoms with Crippen LogP contribution in [0.3, 0.4) is 0 Å². The summed E-state index contributed by atoms with van der Waals surface area (Å²) in [5, 5.41) is 3.24. The summed E-state index contributed by atoms with van der Waals surface area (Å²) in [6, 6.07) is 4.93. The summed E-state index contributed by atoms with van der Waals surface area (Å²) in [5.74, 6) is 0.656. The largest absolute Gasteiger partial charge is 0.479 e. The van der Waals surface area contributed by atoms with Gasteiger partial charge in [0.1, 0.15) is 5.75 Å². The molecule has 4 nitrogen and oxygen atoms in total. The molecule has 0 fully saturated rings. The minimum atomic E-state index is -0.608. The van der Waals surface area contributed by atoms with Crippen LogP contribution in [0, 0.1) is 5.92 Å². The Morgan fingerprint density at radius 3 is 2.72 bits per heavy atom. The minimum Gasteiger partial charge on any atom is -0.479 e. The van der Waals surface area contributed by atoms with Crippen molar-refractivity contribution in [1.82, 2.24) is 5.32 Å². The fourth-order valence-corrected chi connectivity index (χ4v) is 1.46. The number of nitrogens with one attached hydrogen (secondary N) is 1. The van der Waals surface area contributed by atoms with Crippen LogP contribution in [0.5, 0.6) is 5.75 Å². The van der Waals surface area contributed by atoms with Crippen molar-refractivity contribution in [2.24, 2.45) is 5.92 Å². The maximum atomic E-state index is 11.7. The number of benzene rings is 1. The quantitative estimate of drug-likeness (QED) is 0.808. The number of nitrogens with two attached hydrogens (primary N) is 1. The van der Waals surface area contributed by atoms with Crippen LogP contribution in [-0.2, 0) is 4.79 Å². The highest BCUT2D eigenvalue weighted by Gasteiger charge is 2.16. The zero-order chi connectivity index (χ0) is 13.7. The summed E-state index contributed by atoms with van der Waals surface area (Å²) in [6.07, 6.45) is -0.608. The second-order valence-electron chi connectivity index (χ2n) is 4.59. The predicted molar refractivity (Wildman–Crippen MR) is 73.8 cm³/mol. The second-order valence-corrected chi connectivity index (χ2v) is 5.00. The summed E-state index contributed by atoms with van der Waals surface area (Å²) >= 11 is 5.96. The standard InChI is InChI=1S/C13H19ClN2O2/c1-8(2)7-16-13(17)9(3)18-12-6-10(15)4-5-11(12)14/h4-6,8-9H,7,15H2,1-3H3,(H,16,17). The van der Waals surface area contributed by atoms with Crippen LogP contribution in [0.25, 0.3) is 0 Å². The van der Waals surface area contributed by atoms with Crippen LogP contribution in [0.4, 0.5) is 5.69 Å². The van der Waals surface area contributed by atoms with Crippen molar-refractivity contribution in [3.63, 3.8) is 0 Å². The van der Waals surface area contributed by atoms with Crippen molar-refractivity contribution in [3.8, 4) is 5.75 Å². The molecule has 18 heavy (non-hydrogen) atoms. The molecule has 0 aliphatic heterocycles. The summed E-state index contributed by atoms with van der Waals surface area (Å²) in [4.78, 5) is 11.7. The van der Waals surface area contributed by atoms with Crippen molar-refractivity contribution >= 4 is 23.2 Å². The molecular weight excluding hydrogens is 252 g/mol. The molecule has 0 spiro atoms. The Hall–Kier alpha value is -1.42. The first-order valence-electron chi connectivity index (χ1n) is 5.89. The molecule has 0 aliphatic carbocycles. The topological polar surface area (TPSA) is 64.3 Å². The van der Waals surface area contributed by atoms with Crippen molar-refractivity contribution < 1.29 is 9.53 Å². The fraction of sp³-hybridized carbons (Fsp3) is 0.462. The number of anilines is 1. The van der Waals surface area contributed by atoms with Gasteiger partial charge in [-0.3, -0.25) is 4.79 Å². The van der Waals surface area contributed by atoms with Gasteiger partial charge in [0, 0.05) is 18.3 Å². The maximum absolute atomic E-state index is 11.7. The second kappa shape index (κ2) is 6.50. The number of amides is 1. The lowest BCUT2D eigenvalue weighted by atomic mass is 10.2. The van der Waals surface area contributed by atoms with E-state index in [-0.39, 0.29) is 5.91 Å². The highest BCUT2D eigenvalue weighted by molar-refractivity contribution is 6.32. The first-order chi connectivity index (χ1) is 8.40. The van der Waals surface area contributed by atoms with E-state index >= 15 is 0 Å². The van der Waals surface area contributed by atoms with Gasteiger partial charge in [0.2, 0.25) is 0 Å². The van der Waals surface area contributed by atoms with E-state index in [1.165, 1.54) is 0 Å². The molecule has 0 saturated heterocycles. The van der Waals surface area contributed by atoms with Crippen LogP contribution < -0.4 is 15.8 Å². The normalized spacial score (nSPS) is 12.3. The molecule has 3 N–H and O–H groups in total. The third-order valence-electron chi connectivity index (χ3n) is 2.31. The highest BCUT2D eigenvalue weighted by Crippen LogP contribution is 2.27. The molecule has 1 aromatic rings. The Kier molecular flexibility index (Phi) is 5.28. The van der Waals surface area contributed by atoms with Gasteiger partial charge in [0.05, 0.1) is 5.02 Å². The van der Waals surface area contributed by atoms with E-state index in [1.807, 2.05) is 13.8 Å². The van der Waals surface area contributed by atoms with Crippen LogP contribution in [0.1, 0.15) is 20.8 Å². The summed E-state index contributed by atoms with van der Waals surface area (Å²) < 4.78 is 5.50. The lowest BCUT2D eigenvalue weighted by Crippen LogP contribution is -2.38. The molecule has 100 valence electrons. The van der Waals surface area contributed by atoms with Crippen LogP contribution >= 0.6 is 11.6 Å². The lowest BCUT2D eigenvalue weighted by Gasteiger charge is -2.16. The number of rotatable bonds is 5. The molecule has 0 bridgehead atoms. The smallest absolute Gasteiger partial charge is 0.260 e. The van der Waals surface area contributed by atoms with E-state index in [2.05, 4.69) is 5.32 Å². The molecular formula is C13H19ClN2O2. The highest BCUT2D eigenvalue weighted by atomic mass is 35.5. The summed E-state index contributed by atoms with van der Waals surface area (Å²) in [6.45, 7) is 6.35. The maximum Gasteiger partial charge on any atom is 0.260 e. The average Bonchev–Trinajstić information content (AvgIpc) is 2.30. The number of hydrogen-bond acceptors (Lipinski definition) is 3. The molecule has 0 aromatic heterocycles. The Bertz CT molecular complexity index is 421. The SMILES string of the molecule is CC(C)CNC(=O)C(C)Oc1cc(N)ccc1Cl. The van der Waals surface area contributed by atoms with Gasteiger partial charge in [0.15, 0.2) is 6.10 Å². The Balaban J connectivity index is 2.60. The number of halogens is 1. The van der Waals surface area contributed by atoms with E-state index in [4.69, 9.17) is 22.1 Å². The number of nitrogen functional groups attached to an aromatic ring is 1. The van der Waals surface area contributed by atoms with Crippen molar-refractivity contribution in [1.29, 1.82) is 0 Å². The van der Waals surface area contributed by atoms with Gasteiger partial charge in [-0.15, -0.1) is 0 Å². The van der Waals surface area contributed by atoms with E-state index < -0.39 is 6.10 Å². The molecule has 0 heterocycles. The molecule has 5 heteroatoms. The number of carbonyl (C=O) groups is 1. The van der Waals surface area contributed by atoms with Gasteiger partial charge in [0.25, 0.3) is 5.91 Å². The molecule has 1 aromatic carbocycles. The fourth-order valence-electron chi connectivity index (χ4n) is 1.30. The van der Waals surface area contributed by atoms with E-state index in [9.17, 15) is 4.79 Å². The monoisotopic (exact) mass is 270 g/mol. The predicted octanol–water partition coefficient (Wildman–Crippen LogP) is 2.46. The molecule has 0 aliphatic rings.